The van der Waals surface area contributed by atoms with Crippen molar-refractivity contribution < 1.29 is 9.13 Å². The van der Waals surface area contributed by atoms with Crippen molar-refractivity contribution in [2.75, 3.05) is 0 Å². The predicted octanol–water partition coefficient (Wildman–Crippen LogP) is 3.19. The quantitative estimate of drug-likeness (QED) is 0.788. The largest absolute Gasteiger partial charge is 0.485 e. The van der Waals surface area contributed by atoms with E-state index < -0.39 is 5.60 Å². The van der Waals surface area contributed by atoms with Gasteiger partial charge in [0, 0.05) is 5.56 Å². The number of benzene rings is 1. The van der Waals surface area contributed by atoms with E-state index in [0.29, 0.717) is 18.6 Å². The fourth-order valence-electron chi connectivity index (χ4n) is 2.70. The van der Waals surface area contributed by atoms with Gasteiger partial charge in [-0.15, -0.1) is 0 Å². The Morgan fingerprint density at radius 3 is 2.94 bits per heavy atom. The number of fused-ring (bicyclic) bond motifs is 1. The maximum absolute atomic E-state index is 13.3. The molecule has 1 aliphatic rings. The topological polar surface area (TPSA) is 59.1 Å². The number of hydrogen-bond donors (Lipinski definition) is 2. The molecule has 98 valence electrons. The Morgan fingerprint density at radius 1 is 1.50 bits per heavy atom. The molecule has 2 atom stereocenters. The van der Waals surface area contributed by atoms with Crippen LogP contribution in [0.25, 0.3) is 0 Å². The number of halogens is 1. The van der Waals surface area contributed by atoms with Crippen LogP contribution in [0, 0.1) is 11.2 Å². The van der Waals surface area contributed by atoms with Crippen LogP contribution in [-0.4, -0.2) is 11.8 Å². The predicted molar refractivity (Wildman–Crippen MR) is 69.6 cm³/mol. The highest BCUT2D eigenvalue weighted by molar-refractivity contribution is 5.53. The first-order chi connectivity index (χ1) is 8.63. The molecule has 0 aromatic heterocycles. The third-order valence-corrected chi connectivity index (χ3v) is 3.57. The molecule has 3 nitrogen and oxygen atoms in total. The summed E-state index contributed by atoms with van der Waals surface area (Å²) in [5.74, 6) is 0.398. The van der Waals surface area contributed by atoms with E-state index in [0.717, 1.165) is 18.4 Å². The molecule has 0 radical (unpaired) electrons. The summed E-state index contributed by atoms with van der Waals surface area (Å²) in [5, 5.41) is 7.17. The second-order valence-electron chi connectivity index (χ2n) is 4.82. The Labute approximate surface area is 107 Å². The Hall–Kier alpha value is -1.42. The van der Waals surface area contributed by atoms with E-state index in [-0.39, 0.29) is 11.9 Å². The zero-order valence-corrected chi connectivity index (χ0v) is 10.6. The van der Waals surface area contributed by atoms with E-state index in [1.165, 1.54) is 18.3 Å². The molecular formula is C14H19FN2O. The van der Waals surface area contributed by atoms with Gasteiger partial charge in [0.05, 0.1) is 6.04 Å². The van der Waals surface area contributed by atoms with Gasteiger partial charge in [-0.2, -0.15) is 0 Å². The summed E-state index contributed by atoms with van der Waals surface area (Å²) in [6.45, 7) is 2.08. The average molecular weight is 250 g/mol. The van der Waals surface area contributed by atoms with Gasteiger partial charge in [-0.05, 0) is 43.7 Å². The van der Waals surface area contributed by atoms with Gasteiger partial charge < -0.3 is 15.9 Å². The van der Waals surface area contributed by atoms with Crippen LogP contribution in [0.1, 0.15) is 44.2 Å². The molecule has 0 fully saturated rings. The number of hydrogen-bond acceptors (Lipinski definition) is 3. The third-order valence-electron chi connectivity index (χ3n) is 3.57. The molecule has 1 aromatic carbocycles. The van der Waals surface area contributed by atoms with Crippen LogP contribution in [0.5, 0.6) is 5.75 Å². The molecule has 1 aromatic rings. The van der Waals surface area contributed by atoms with E-state index in [2.05, 4.69) is 6.92 Å². The number of rotatable bonds is 5. The Morgan fingerprint density at radius 2 is 2.28 bits per heavy atom. The van der Waals surface area contributed by atoms with Gasteiger partial charge >= 0.3 is 0 Å². The molecule has 1 aliphatic heterocycles. The van der Waals surface area contributed by atoms with Crippen LogP contribution < -0.4 is 10.5 Å². The van der Waals surface area contributed by atoms with E-state index >= 15 is 0 Å². The van der Waals surface area contributed by atoms with Crippen LogP contribution in [0.15, 0.2) is 18.2 Å². The van der Waals surface area contributed by atoms with E-state index in [1.54, 1.807) is 6.07 Å². The highest BCUT2D eigenvalue weighted by Crippen LogP contribution is 2.46. The number of ether oxygens (including phenoxy) is 1. The van der Waals surface area contributed by atoms with Gasteiger partial charge in [0.2, 0.25) is 0 Å². The van der Waals surface area contributed by atoms with Gasteiger partial charge in [-0.1, -0.05) is 13.3 Å². The first-order valence-corrected chi connectivity index (χ1v) is 6.36. The van der Waals surface area contributed by atoms with Crippen molar-refractivity contribution in [1.29, 1.82) is 5.41 Å². The van der Waals surface area contributed by atoms with Crippen LogP contribution >= 0.6 is 0 Å². The van der Waals surface area contributed by atoms with Crippen molar-refractivity contribution in [3.63, 3.8) is 0 Å². The Kier molecular flexibility index (Phi) is 3.66. The minimum atomic E-state index is -0.484. The lowest BCUT2D eigenvalue weighted by Gasteiger charge is -2.32. The van der Waals surface area contributed by atoms with E-state index in [9.17, 15) is 4.39 Å². The van der Waals surface area contributed by atoms with Crippen molar-refractivity contribution in [1.82, 2.24) is 0 Å². The van der Waals surface area contributed by atoms with E-state index in [4.69, 9.17) is 15.9 Å². The minimum Gasteiger partial charge on any atom is -0.485 e. The molecule has 0 spiro atoms. The molecular weight excluding hydrogens is 231 g/mol. The van der Waals surface area contributed by atoms with Crippen LogP contribution in [0.3, 0.4) is 0 Å². The van der Waals surface area contributed by atoms with Gasteiger partial charge in [-0.25, -0.2) is 4.39 Å². The first-order valence-electron chi connectivity index (χ1n) is 6.36. The summed E-state index contributed by atoms with van der Waals surface area (Å²) in [6.07, 6.45) is 4.46. The van der Waals surface area contributed by atoms with E-state index in [1.807, 2.05) is 0 Å². The molecule has 0 saturated heterocycles. The smallest absolute Gasteiger partial charge is 0.129 e. The molecule has 0 bridgehead atoms. The zero-order chi connectivity index (χ0) is 13.2. The first kappa shape index (κ1) is 13.0. The zero-order valence-electron chi connectivity index (χ0n) is 10.6. The molecule has 3 N–H and O–H groups in total. The van der Waals surface area contributed by atoms with Crippen LogP contribution in [0.2, 0.25) is 0 Å². The van der Waals surface area contributed by atoms with Crippen molar-refractivity contribution in [3.05, 3.63) is 29.6 Å². The fraction of sp³-hybridized carbons (Fsp3) is 0.500. The lowest BCUT2D eigenvalue weighted by Crippen LogP contribution is -2.42. The normalized spacial score (nSPS) is 25.6. The highest BCUT2D eigenvalue weighted by Gasteiger charge is 2.45. The van der Waals surface area contributed by atoms with Crippen molar-refractivity contribution in [2.24, 2.45) is 5.73 Å². The second-order valence-corrected chi connectivity index (χ2v) is 4.82. The fourth-order valence-corrected chi connectivity index (χ4v) is 2.70. The maximum atomic E-state index is 13.3. The summed E-state index contributed by atoms with van der Waals surface area (Å²) >= 11 is 0. The molecule has 4 heteroatoms. The summed E-state index contributed by atoms with van der Waals surface area (Å²) in [4.78, 5) is 0. The Balaban J connectivity index is 2.32. The third kappa shape index (κ3) is 2.12. The van der Waals surface area contributed by atoms with Gasteiger partial charge in [0.25, 0.3) is 0 Å². The highest BCUT2D eigenvalue weighted by atomic mass is 19.1. The lowest BCUT2D eigenvalue weighted by atomic mass is 9.84. The van der Waals surface area contributed by atoms with Gasteiger partial charge in [0.15, 0.2) is 0 Å². The second kappa shape index (κ2) is 5.06. The van der Waals surface area contributed by atoms with Crippen molar-refractivity contribution in [3.8, 4) is 5.75 Å². The van der Waals surface area contributed by atoms with Crippen LogP contribution in [-0.2, 0) is 0 Å². The van der Waals surface area contributed by atoms with Crippen LogP contribution in [0.4, 0.5) is 4.39 Å². The van der Waals surface area contributed by atoms with Crippen molar-refractivity contribution in [2.45, 2.75) is 44.2 Å². The van der Waals surface area contributed by atoms with Crippen molar-refractivity contribution >= 4 is 6.21 Å². The minimum absolute atomic E-state index is 0.285. The summed E-state index contributed by atoms with van der Waals surface area (Å²) in [6, 6.07) is 4.18. The molecule has 1 heterocycles. The lowest BCUT2D eigenvalue weighted by molar-refractivity contribution is 0.0520. The molecule has 1 unspecified atom stereocenters. The number of nitrogens with one attached hydrogen (secondary N) is 1. The maximum Gasteiger partial charge on any atom is 0.129 e. The number of nitrogens with two attached hydrogens (primary N) is 1. The summed E-state index contributed by atoms with van der Waals surface area (Å²) in [5.41, 5.74) is 6.51. The summed E-state index contributed by atoms with van der Waals surface area (Å²) < 4.78 is 19.3. The monoisotopic (exact) mass is 250 g/mol. The molecule has 0 saturated carbocycles. The molecule has 0 aliphatic carbocycles. The standard InChI is InChI=1S/C14H19FN2O/c1-2-6-14(7-3-8-16)13(17)11-9-10(15)4-5-12(11)18-14/h4-5,8-9,13,16H,2-3,6-7,17H2,1H3/t13-,14?/m1/s1. The Bertz CT molecular complexity index is 449. The summed E-state index contributed by atoms with van der Waals surface area (Å²) in [7, 11) is 0. The molecule has 18 heavy (non-hydrogen) atoms. The molecule has 2 rings (SSSR count). The average Bonchev–Trinajstić information content (AvgIpc) is 2.62. The molecule has 0 amide bonds. The van der Waals surface area contributed by atoms with Gasteiger partial charge in [-0.3, -0.25) is 0 Å². The SMILES string of the molecule is CCCC1(CCC=N)Oc2ccc(F)cc2[C@H]1N. The van der Waals surface area contributed by atoms with Gasteiger partial charge in [0.1, 0.15) is 17.2 Å².